The fourth-order valence-corrected chi connectivity index (χ4v) is 2.91. The standard InChI is InChI=1S/C11H20F2N2/c1-15(8-10(12)13)7-9-6-11(9)2-4-14-5-3-11/h9-10,14H,2-8H2,1H3. The normalized spacial score (nSPS) is 29.0. The van der Waals surface area contributed by atoms with Crippen molar-refractivity contribution in [2.24, 2.45) is 11.3 Å². The van der Waals surface area contributed by atoms with E-state index in [0.29, 0.717) is 11.3 Å². The van der Waals surface area contributed by atoms with Gasteiger partial charge >= 0.3 is 0 Å². The van der Waals surface area contributed by atoms with Gasteiger partial charge in [-0.15, -0.1) is 0 Å². The third-order valence-electron chi connectivity index (χ3n) is 3.94. The predicted molar refractivity (Wildman–Crippen MR) is 56.1 cm³/mol. The minimum absolute atomic E-state index is 0.0785. The van der Waals surface area contributed by atoms with Crippen LogP contribution in [0.5, 0.6) is 0 Å². The second-order valence-corrected chi connectivity index (χ2v) is 5.13. The quantitative estimate of drug-likeness (QED) is 0.770. The van der Waals surface area contributed by atoms with Crippen LogP contribution >= 0.6 is 0 Å². The molecule has 1 atom stereocenters. The van der Waals surface area contributed by atoms with Crippen LogP contribution in [-0.4, -0.2) is 44.6 Å². The van der Waals surface area contributed by atoms with Gasteiger partial charge in [-0.1, -0.05) is 0 Å². The van der Waals surface area contributed by atoms with Crippen molar-refractivity contribution in [2.75, 3.05) is 33.2 Å². The van der Waals surface area contributed by atoms with Crippen LogP contribution in [0.2, 0.25) is 0 Å². The van der Waals surface area contributed by atoms with E-state index in [1.807, 2.05) is 0 Å². The van der Waals surface area contributed by atoms with E-state index < -0.39 is 6.43 Å². The lowest BCUT2D eigenvalue weighted by molar-refractivity contribution is 0.0954. The Balaban J connectivity index is 1.73. The molecule has 1 spiro atoms. The summed E-state index contributed by atoms with van der Waals surface area (Å²) in [6.07, 6.45) is 1.53. The molecule has 1 aliphatic heterocycles. The van der Waals surface area contributed by atoms with Gasteiger partial charge in [0.1, 0.15) is 0 Å². The van der Waals surface area contributed by atoms with Crippen LogP contribution in [0.3, 0.4) is 0 Å². The van der Waals surface area contributed by atoms with E-state index in [2.05, 4.69) is 5.32 Å². The summed E-state index contributed by atoms with van der Waals surface area (Å²) in [5, 5.41) is 3.35. The van der Waals surface area contributed by atoms with Gasteiger partial charge in [0.25, 0.3) is 6.43 Å². The molecule has 1 saturated heterocycles. The van der Waals surface area contributed by atoms with Crippen LogP contribution in [0.25, 0.3) is 0 Å². The first-order valence-corrected chi connectivity index (χ1v) is 5.80. The third kappa shape index (κ3) is 2.67. The van der Waals surface area contributed by atoms with Crippen molar-refractivity contribution < 1.29 is 8.78 Å². The lowest BCUT2D eigenvalue weighted by Gasteiger charge is -2.25. The summed E-state index contributed by atoms with van der Waals surface area (Å²) >= 11 is 0. The van der Waals surface area contributed by atoms with E-state index in [4.69, 9.17) is 0 Å². The van der Waals surface area contributed by atoms with Crippen molar-refractivity contribution >= 4 is 0 Å². The number of rotatable bonds is 4. The largest absolute Gasteiger partial charge is 0.317 e. The summed E-state index contributed by atoms with van der Waals surface area (Å²) in [5.74, 6) is 0.670. The first-order chi connectivity index (χ1) is 7.12. The van der Waals surface area contributed by atoms with Crippen LogP contribution in [0.15, 0.2) is 0 Å². The van der Waals surface area contributed by atoms with Gasteiger partial charge in [-0.05, 0) is 50.7 Å². The summed E-state index contributed by atoms with van der Waals surface area (Å²) in [6, 6.07) is 0. The first kappa shape index (κ1) is 11.3. The Kier molecular flexibility index (Phi) is 3.26. The highest BCUT2D eigenvalue weighted by molar-refractivity contribution is 5.05. The Morgan fingerprint density at radius 3 is 2.67 bits per heavy atom. The molecule has 88 valence electrons. The van der Waals surface area contributed by atoms with Gasteiger partial charge < -0.3 is 10.2 Å². The van der Waals surface area contributed by atoms with Gasteiger partial charge in [0.05, 0.1) is 6.54 Å². The molecular formula is C11H20F2N2. The summed E-state index contributed by atoms with van der Waals surface area (Å²) < 4.78 is 24.3. The van der Waals surface area contributed by atoms with E-state index in [1.165, 1.54) is 19.3 Å². The van der Waals surface area contributed by atoms with Gasteiger partial charge in [0.15, 0.2) is 0 Å². The number of hydrogen-bond donors (Lipinski definition) is 1. The maximum Gasteiger partial charge on any atom is 0.251 e. The Bertz CT molecular complexity index is 215. The number of hydrogen-bond acceptors (Lipinski definition) is 2. The molecule has 1 heterocycles. The number of nitrogens with one attached hydrogen (secondary N) is 1. The van der Waals surface area contributed by atoms with E-state index in [-0.39, 0.29) is 6.54 Å². The monoisotopic (exact) mass is 218 g/mol. The van der Waals surface area contributed by atoms with Gasteiger partial charge in [-0.25, -0.2) is 8.78 Å². The highest BCUT2D eigenvalue weighted by Gasteiger charge is 2.53. The zero-order valence-electron chi connectivity index (χ0n) is 9.31. The first-order valence-electron chi connectivity index (χ1n) is 5.80. The summed E-state index contributed by atoms with van der Waals surface area (Å²) in [4.78, 5) is 1.78. The maximum absolute atomic E-state index is 12.1. The van der Waals surface area contributed by atoms with Gasteiger partial charge in [-0.2, -0.15) is 0 Å². The van der Waals surface area contributed by atoms with Gasteiger partial charge in [0.2, 0.25) is 0 Å². The van der Waals surface area contributed by atoms with Crippen molar-refractivity contribution in [3.8, 4) is 0 Å². The minimum atomic E-state index is -2.20. The fourth-order valence-electron chi connectivity index (χ4n) is 2.91. The molecule has 2 nitrogen and oxygen atoms in total. The Morgan fingerprint density at radius 2 is 2.07 bits per heavy atom. The van der Waals surface area contributed by atoms with Crippen LogP contribution in [0.1, 0.15) is 19.3 Å². The minimum Gasteiger partial charge on any atom is -0.317 e. The third-order valence-corrected chi connectivity index (χ3v) is 3.94. The summed E-state index contributed by atoms with van der Waals surface area (Å²) in [7, 11) is 1.80. The SMILES string of the molecule is CN(CC(F)F)CC1CC12CCNCC2. The molecule has 1 aliphatic carbocycles. The van der Waals surface area contributed by atoms with E-state index in [9.17, 15) is 8.78 Å². The summed E-state index contributed by atoms with van der Waals surface area (Å²) in [6.45, 7) is 2.99. The molecule has 2 rings (SSSR count). The molecule has 0 aromatic carbocycles. The lowest BCUT2D eigenvalue weighted by atomic mass is 9.92. The lowest BCUT2D eigenvalue weighted by Crippen LogP contribution is -2.33. The highest BCUT2D eigenvalue weighted by atomic mass is 19.3. The number of alkyl halides is 2. The van der Waals surface area contributed by atoms with Gasteiger partial charge in [-0.3, -0.25) is 0 Å². The second-order valence-electron chi connectivity index (χ2n) is 5.13. The second kappa shape index (κ2) is 4.34. The predicted octanol–water partition coefficient (Wildman–Crippen LogP) is 1.57. The molecule has 4 heteroatoms. The number of piperidine rings is 1. The van der Waals surface area contributed by atoms with Crippen molar-refractivity contribution in [1.29, 1.82) is 0 Å². The highest BCUT2D eigenvalue weighted by Crippen LogP contribution is 2.58. The molecular weight excluding hydrogens is 198 g/mol. The van der Waals surface area contributed by atoms with Crippen LogP contribution < -0.4 is 5.32 Å². The smallest absolute Gasteiger partial charge is 0.251 e. The van der Waals surface area contributed by atoms with Crippen LogP contribution in [-0.2, 0) is 0 Å². The molecule has 0 bridgehead atoms. The molecule has 15 heavy (non-hydrogen) atoms. The molecule has 2 aliphatic rings. The Labute approximate surface area is 90.0 Å². The Morgan fingerprint density at radius 1 is 1.40 bits per heavy atom. The van der Waals surface area contributed by atoms with E-state index in [0.717, 1.165) is 19.6 Å². The molecule has 0 aromatic rings. The topological polar surface area (TPSA) is 15.3 Å². The number of nitrogens with zero attached hydrogens (tertiary/aromatic N) is 1. The fraction of sp³-hybridized carbons (Fsp3) is 1.00. The molecule has 0 amide bonds. The van der Waals surface area contributed by atoms with Crippen molar-refractivity contribution in [3.05, 3.63) is 0 Å². The molecule has 0 radical (unpaired) electrons. The van der Waals surface area contributed by atoms with E-state index >= 15 is 0 Å². The molecule has 2 fully saturated rings. The molecule has 1 saturated carbocycles. The molecule has 1 N–H and O–H groups in total. The average molecular weight is 218 g/mol. The van der Waals surface area contributed by atoms with Crippen LogP contribution in [0, 0.1) is 11.3 Å². The van der Waals surface area contributed by atoms with Crippen molar-refractivity contribution in [1.82, 2.24) is 10.2 Å². The number of halogens is 2. The maximum atomic E-state index is 12.1. The molecule has 1 unspecified atom stereocenters. The van der Waals surface area contributed by atoms with E-state index in [1.54, 1.807) is 11.9 Å². The van der Waals surface area contributed by atoms with Crippen molar-refractivity contribution in [3.63, 3.8) is 0 Å². The van der Waals surface area contributed by atoms with Crippen molar-refractivity contribution in [2.45, 2.75) is 25.7 Å². The average Bonchev–Trinajstić information content (AvgIpc) is 2.77. The Hall–Kier alpha value is -0.220. The molecule has 0 aromatic heterocycles. The zero-order valence-corrected chi connectivity index (χ0v) is 9.31. The zero-order chi connectivity index (χ0) is 10.9. The van der Waals surface area contributed by atoms with Gasteiger partial charge in [0, 0.05) is 6.54 Å². The summed E-state index contributed by atoms with van der Waals surface area (Å²) in [5.41, 5.74) is 0.516. The van der Waals surface area contributed by atoms with Crippen LogP contribution in [0.4, 0.5) is 8.78 Å².